The summed E-state index contributed by atoms with van der Waals surface area (Å²) >= 11 is 0. The molecule has 1 aliphatic heterocycles. The molecule has 31 heavy (non-hydrogen) atoms. The van der Waals surface area contributed by atoms with E-state index in [1.807, 2.05) is 61.5 Å². The summed E-state index contributed by atoms with van der Waals surface area (Å²) in [6.07, 6.45) is 0. The highest BCUT2D eigenvalue weighted by atomic mass is 16.2. The number of fused-ring (bicyclic) bond motifs is 1. The van der Waals surface area contributed by atoms with Crippen LogP contribution in [0.2, 0.25) is 0 Å². The van der Waals surface area contributed by atoms with Crippen molar-refractivity contribution in [1.29, 1.82) is 0 Å². The largest absolute Gasteiger partial charge is 0.344 e. The van der Waals surface area contributed by atoms with E-state index in [1.54, 1.807) is 14.0 Å². The summed E-state index contributed by atoms with van der Waals surface area (Å²) in [5, 5.41) is 6.06. The highest BCUT2D eigenvalue weighted by Crippen LogP contribution is 2.39. The van der Waals surface area contributed by atoms with Crippen LogP contribution < -0.4 is 21.9 Å². The summed E-state index contributed by atoms with van der Waals surface area (Å²) in [6.45, 7) is 3.76. The Balaban J connectivity index is 1.95. The van der Waals surface area contributed by atoms with E-state index in [0.29, 0.717) is 28.3 Å². The molecule has 1 atom stereocenters. The lowest BCUT2D eigenvalue weighted by atomic mass is 9.81. The quantitative estimate of drug-likeness (QED) is 0.688. The van der Waals surface area contributed by atoms with Crippen molar-refractivity contribution in [1.82, 2.24) is 9.13 Å². The molecule has 0 saturated heterocycles. The molecule has 158 valence electrons. The first-order chi connectivity index (χ1) is 14.8. The minimum absolute atomic E-state index is 0.302. The Labute approximate surface area is 179 Å². The predicted octanol–water partition coefficient (Wildman–Crippen LogP) is 2.86. The summed E-state index contributed by atoms with van der Waals surface area (Å²) < 4.78 is 2.49. The number of aromatic nitrogens is 2. The van der Waals surface area contributed by atoms with Crippen molar-refractivity contribution < 1.29 is 4.79 Å². The standard InChI is InChI=1S/C24H24N4O3/c1-14-10-12-16(13-11-14)19-18(22(29)26-17-8-6-5-7-9-17)15(2)25-21-20(19)23(30)28(4)24(31)27(21)3/h5-13,19,25H,1-4H3,(H,26,29)/t19-/m0/s1. The topological polar surface area (TPSA) is 85.1 Å². The van der Waals surface area contributed by atoms with Crippen molar-refractivity contribution in [2.75, 3.05) is 10.6 Å². The fourth-order valence-corrected chi connectivity index (χ4v) is 4.00. The van der Waals surface area contributed by atoms with Gasteiger partial charge in [0.2, 0.25) is 0 Å². The zero-order chi connectivity index (χ0) is 22.3. The number of anilines is 2. The smallest absolute Gasteiger partial charge is 0.332 e. The number of benzene rings is 2. The first kappa shape index (κ1) is 20.4. The second kappa shape index (κ2) is 7.75. The zero-order valence-electron chi connectivity index (χ0n) is 17.9. The summed E-state index contributed by atoms with van der Waals surface area (Å²) in [6, 6.07) is 16.9. The fourth-order valence-electron chi connectivity index (χ4n) is 4.00. The summed E-state index contributed by atoms with van der Waals surface area (Å²) in [4.78, 5) is 39.1. The molecule has 0 saturated carbocycles. The monoisotopic (exact) mass is 416 g/mol. The lowest BCUT2D eigenvalue weighted by Crippen LogP contribution is -2.43. The van der Waals surface area contributed by atoms with Crippen LogP contribution in [0.25, 0.3) is 0 Å². The van der Waals surface area contributed by atoms with Crippen molar-refractivity contribution in [3.05, 3.63) is 103 Å². The summed E-state index contributed by atoms with van der Waals surface area (Å²) in [5.41, 5.74) is 3.10. The molecule has 0 spiro atoms. The average molecular weight is 416 g/mol. The van der Waals surface area contributed by atoms with E-state index in [1.165, 1.54) is 11.6 Å². The molecular weight excluding hydrogens is 392 g/mol. The van der Waals surface area contributed by atoms with Gasteiger partial charge in [-0.3, -0.25) is 18.7 Å². The Bertz CT molecular complexity index is 1320. The van der Waals surface area contributed by atoms with E-state index in [-0.39, 0.29) is 5.91 Å². The molecule has 4 rings (SSSR count). The van der Waals surface area contributed by atoms with E-state index in [0.717, 1.165) is 15.7 Å². The molecule has 2 N–H and O–H groups in total. The van der Waals surface area contributed by atoms with Crippen LogP contribution in [-0.4, -0.2) is 15.0 Å². The van der Waals surface area contributed by atoms with Gasteiger partial charge in [0.25, 0.3) is 11.5 Å². The third-order valence-corrected chi connectivity index (χ3v) is 5.67. The van der Waals surface area contributed by atoms with Crippen LogP contribution in [0, 0.1) is 6.92 Å². The third-order valence-electron chi connectivity index (χ3n) is 5.67. The van der Waals surface area contributed by atoms with Crippen molar-refractivity contribution in [2.45, 2.75) is 19.8 Å². The second-order valence-electron chi connectivity index (χ2n) is 7.80. The van der Waals surface area contributed by atoms with Crippen molar-refractivity contribution in [2.24, 2.45) is 14.1 Å². The molecule has 1 aliphatic rings. The maximum Gasteiger partial charge on any atom is 0.332 e. The lowest BCUT2D eigenvalue weighted by Gasteiger charge is -2.31. The van der Waals surface area contributed by atoms with Gasteiger partial charge < -0.3 is 10.6 Å². The molecule has 2 heterocycles. The van der Waals surface area contributed by atoms with Crippen molar-refractivity contribution in [3.8, 4) is 0 Å². The molecule has 0 unspecified atom stereocenters. The van der Waals surface area contributed by atoms with Crippen LogP contribution in [-0.2, 0) is 18.9 Å². The van der Waals surface area contributed by atoms with Gasteiger partial charge in [-0.05, 0) is 31.5 Å². The van der Waals surface area contributed by atoms with Gasteiger partial charge in [0, 0.05) is 31.1 Å². The van der Waals surface area contributed by atoms with Crippen molar-refractivity contribution >= 4 is 17.4 Å². The summed E-state index contributed by atoms with van der Waals surface area (Å²) in [5.74, 6) is -0.512. The maximum absolute atomic E-state index is 13.4. The minimum Gasteiger partial charge on any atom is -0.344 e. The molecule has 1 amide bonds. The van der Waals surface area contributed by atoms with Gasteiger partial charge in [0.15, 0.2) is 0 Å². The van der Waals surface area contributed by atoms with Gasteiger partial charge in [0.05, 0.1) is 11.5 Å². The fraction of sp³-hybridized carbons (Fsp3) is 0.208. The first-order valence-corrected chi connectivity index (χ1v) is 10.00. The van der Waals surface area contributed by atoms with Crippen LogP contribution in [0.15, 0.2) is 75.5 Å². The molecule has 2 aromatic carbocycles. The Morgan fingerprint density at radius 3 is 2.23 bits per heavy atom. The molecule has 0 bridgehead atoms. The minimum atomic E-state index is -0.619. The van der Waals surface area contributed by atoms with Crippen LogP contribution in [0.1, 0.15) is 29.5 Å². The lowest BCUT2D eigenvalue weighted by molar-refractivity contribution is -0.113. The number of hydrogen-bond donors (Lipinski definition) is 2. The Morgan fingerprint density at radius 2 is 1.58 bits per heavy atom. The number of aryl methyl sites for hydroxylation is 1. The van der Waals surface area contributed by atoms with Gasteiger partial charge in [-0.25, -0.2) is 4.79 Å². The van der Waals surface area contributed by atoms with Crippen molar-refractivity contribution in [3.63, 3.8) is 0 Å². The number of amides is 1. The molecule has 0 radical (unpaired) electrons. The number of rotatable bonds is 3. The van der Waals surface area contributed by atoms with Gasteiger partial charge >= 0.3 is 5.69 Å². The molecule has 0 fully saturated rings. The highest BCUT2D eigenvalue weighted by molar-refractivity contribution is 6.07. The molecule has 7 nitrogen and oxygen atoms in total. The number of carbonyl (C=O) groups excluding carboxylic acids is 1. The summed E-state index contributed by atoms with van der Waals surface area (Å²) in [7, 11) is 3.06. The normalized spacial score (nSPS) is 15.3. The van der Waals surface area contributed by atoms with Crippen LogP contribution in [0.5, 0.6) is 0 Å². The highest BCUT2D eigenvalue weighted by Gasteiger charge is 2.36. The number of allylic oxidation sites excluding steroid dienone is 1. The number of hydrogen-bond acceptors (Lipinski definition) is 4. The van der Waals surface area contributed by atoms with Gasteiger partial charge in [-0.2, -0.15) is 0 Å². The molecule has 3 aromatic rings. The van der Waals surface area contributed by atoms with Gasteiger partial charge in [0.1, 0.15) is 5.82 Å². The molecule has 1 aromatic heterocycles. The van der Waals surface area contributed by atoms with E-state index in [9.17, 15) is 14.4 Å². The average Bonchev–Trinajstić information content (AvgIpc) is 2.76. The number of nitrogens with one attached hydrogen (secondary N) is 2. The Hall–Kier alpha value is -3.87. The van der Waals surface area contributed by atoms with Crippen LogP contribution in [0.3, 0.4) is 0 Å². The number of para-hydroxylation sites is 1. The van der Waals surface area contributed by atoms with Gasteiger partial charge in [-0.15, -0.1) is 0 Å². The van der Waals surface area contributed by atoms with Crippen LogP contribution >= 0.6 is 0 Å². The number of carbonyl (C=O) groups is 1. The second-order valence-corrected chi connectivity index (χ2v) is 7.80. The van der Waals surface area contributed by atoms with E-state index in [2.05, 4.69) is 10.6 Å². The zero-order valence-corrected chi connectivity index (χ0v) is 17.9. The Kier molecular flexibility index (Phi) is 5.10. The van der Waals surface area contributed by atoms with E-state index >= 15 is 0 Å². The third kappa shape index (κ3) is 3.48. The Morgan fingerprint density at radius 1 is 0.935 bits per heavy atom. The number of nitrogens with zero attached hydrogens (tertiary/aromatic N) is 2. The maximum atomic E-state index is 13.4. The first-order valence-electron chi connectivity index (χ1n) is 10.00. The predicted molar refractivity (Wildman–Crippen MR) is 121 cm³/mol. The molecule has 7 heteroatoms. The SMILES string of the molecule is CC1=C(C(=O)Nc2ccccc2)[C@H](c2ccc(C)cc2)c2c(n(C)c(=O)n(C)c2=O)N1. The molecule has 0 aliphatic carbocycles. The molecular formula is C24H24N4O3. The van der Waals surface area contributed by atoms with Crippen LogP contribution in [0.4, 0.5) is 11.5 Å². The van der Waals surface area contributed by atoms with E-state index < -0.39 is 17.2 Å². The van der Waals surface area contributed by atoms with E-state index in [4.69, 9.17) is 0 Å². The van der Waals surface area contributed by atoms with Gasteiger partial charge in [-0.1, -0.05) is 48.0 Å².